The molecule has 110 valence electrons. The number of hydrogen-bond acceptors (Lipinski definition) is 4. The van der Waals surface area contributed by atoms with E-state index in [-0.39, 0.29) is 16.8 Å². The van der Waals surface area contributed by atoms with Gasteiger partial charge in [0.25, 0.3) is 5.78 Å². The van der Waals surface area contributed by atoms with Crippen LogP contribution in [0.15, 0.2) is 48.2 Å². The molecule has 0 unspecified atom stereocenters. The number of halogens is 2. The van der Waals surface area contributed by atoms with Crippen LogP contribution in [0.5, 0.6) is 0 Å². The molecule has 22 heavy (non-hydrogen) atoms. The van der Waals surface area contributed by atoms with Gasteiger partial charge in [-0.1, -0.05) is 24.3 Å². The highest BCUT2D eigenvalue weighted by Gasteiger charge is 2.33. The minimum absolute atomic E-state index is 0.0651. The van der Waals surface area contributed by atoms with Gasteiger partial charge in [0.15, 0.2) is 5.76 Å². The Kier molecular flexibility index (Phi) is 3.21. The number of fused-ring (bicyclic) bond motifs is 1. The number of carbonyl (C=O) groups excluding carboxylic acids is 2. The molecule has 6 heteroatoms. The molecule has 0 atom stereocenters. The Morgan fingerprint density at radius 3 is 2.32 bits per heavy atom. The molecule has 2 aromatic rings. The summed E-state index contributed by atoms with van der Waals surface area (Å²) in [6.45, 7) is 0. The second-order valence-corrected chi connectivity index (χ2v) is 4.68. The normalized spacial score (nSPS) is 14.1. The quantitative estimate of drug-likeness (QED) is 0.837. The predicted molar refractivity (Wildman–Crippen MR) is 75.3 cm³/mol. The van der Waals surface area contributed by atoms with Crippen molar-refractivity contribution in [2.75, 3.05) is 5.32 Å². The molecule has 2 aromatic carbocycles. The number of aliphatic hydroxyl groups is 1. The Labute approximate surface area is 123 Å². The van der Waals surface area contributed by atoms with Crippen LogP contribution in [0.25, 0.3) is 5.76 Å². The van der Waals surface area contributed by atoms with Crippen molar-refractivity contribution in [1.82, 2.24) is 0 Å². The van der Waals surface area contributed by atoms with E-state index in [9.17, 15) is 23.5 Å². The number of nitrogens with one attached hydrogen (secondary N) is 1. The SMILES string of the molecule is O=C1C(=O)c2ccccc2C(O)=C1Nc1cc(F)ccc1F. The Balaban J connectivity index is 2.12. The number of anilines is 1. The third-order valence-electron chi connectivity index (χ3n) is 3.28. The van der Waals surface area contributed by atoms with Crippen LogP contribution in [0.1, 0.15) is 15.9 Å². The standard InChI is InChI=1S/C16H9F2NO3/c17-8-5-6-11(18)12(7-8)19-13-14(20)9-3-1-2-4-10(9)15(21)16(13)22/h1-7,19-20H. The molecule has 0 saturated heterocycles. The molecule has 0 saturated carbocycles. The first-order valence-corrected chi connectivity index (χ1v) is 6.33. The van der Waals surface area contributed by atoms with Crippen molar-refractivity contribution in [2.45, 2.75) is 0 Å². The van der Waals surface area contributed by atoms with Gasteiger partial charge in [0.05, 0.1) is 5.69 Å². The van der Waals surface area contributed by atoms with Crippen LogP contribution in [0.2, 0.25) is 0 Å². The average molecular weight is 301 g/mol. The van der Waals surface area contributed by atoms with E-state index in [1.54, 1.807) is 12.1 Å². The fourth-order valence-electron chi connectivity index (χ4n) is 2.21. The summed E-state index contributed by atoms with van der Waals surface area (Å²) in [6, 6.07) is 8.62. The largest absolute Gasteiger partial charge is 0.505 e. The van der Waals surface area contributed by atoms with Crippen LogP contribution >= 0.6 is 0 Å². The van der Waals surface area contributed by atoms with Crippen LogP contribution in [-0.4, -0.2) is 16.7 Å². The van der Waals surface area contributed by atoms with E-state index in [0.717, 1.165) is 18.2 Å². The van der Waals surface area contributed by atoms with E-state index >= 15 is 0 Å². The molecule has 4 nitrogen and oxygen atoms in total. The Morgan fingerprint density at radius 1 is 0.909 bits per heavy atom. The summed E-state index contributed by atoms with van der Waals surface area (Å²) in [5.41, 5.74) is -0.600. The minimum Gasteiger partial charge on any atom is -0.505 e. The van der Waals surface area contributed by atoms with Crippen LogP contribution < -0.4 is 5.32 Å². The van der Waals surface area contributed by atoms with Gasteiger partial charge in [0.1, 0.15) is 17.3 Å². The smallest absolute Gasteiger partial charge is 0.253 e. The number of hydrogen-bond donors (Lipinski definition) is 2. The summed E-state index contributed by atoms with van der Waals surface area (Å²) in [5, 5.41) is 12.5. The monoisotopic (exact) mass is 301 g/mol. The number of rotatable bonds is 2. The van der Waals surface area contributed by atoms with Crippen molar-refractivity contribution in [2.24, 2.45) is 0 Å². The summed E-state index contributed by atoms with van der Waals surface area (Å²) in [4.78, 5) is 24.1. The van der Waals surface area contributed by atoms with E-state index in [0.29, 0.717) is 0 Å². The van der Waals surface area contributed by atoms with Gasteiger partial charge >= 0.3 is 0 Å². The predicted octanol–water partition coefficient (Wildman–Crippen LogP) is 3.07. The maximum absolute atomic E-state index is 13.6. The summed E-state index contributed by atoms with van der Waals surface area (Å²) < 4.78 is 26.8. The lowest BCUT2D eigenvalue weighted by molar-refractivity contribution is -0.111. The van der Waals surface area contributed by atoms with Gasteiger partial charge in [-0.3, -0.25) is 9.59 Å². The number of aliphatic hydroxyl groups excluding tert-OH is 1. The highest BCUT2D eigenvalue weighted by Crippen LogP contribution is 2.29. The molecule has 3 rings (SSSR count). The second-order valence-electron chi connectivity index (χ2n) is 4.68. The van der Waals surface area contributed by atoms with Gasteiger partial charge in [-0.2, -0.15) is 0 Å². The zero-order valence-electron chi connectivity index (χ0n) is 11.1. The zero-order chi connectivity index (χ0) is 15.9. The summed E-state index contributed by atoms with van der Waals surface area (Å²) in [7, 11) is 0. The molecule has 0 spiro atoms. The first kappa shape index (κ1) is 13.9. The number of carbonyl (C=O) groups is 2. The van der Waals surface area contributed by atoms with E-state index in [1.165, 1.54) is 12.1 Å². The summed E-state index contributed by atoms with van der Waals surface area (Å²) in [6.07, 6.45) is 0. The third kappa shape index (κ3) is 2.14. The molecule has 0 aromatic heterocycles. The summed E-state index contributed by atoms with van der Waals surface area (Å²) >= 11 is 0. The van der Waals surface area contributed by atoms with E-state index in [2.05, 4.69) is 5.32 Å². The van der Waals surface area contributed by atoms with Gasteiger partial charge in [-0.15, -0.1) is 0 Å². The molecule has 0 bridgehead atoms. The molecule has 0 aliphatic heterocycles. The van der Waals surface area contributed by atoms with Gasteiger partial charge in [-0.05, 0) is 12.1 Å². The second kappa shape index (κ2) is 5.07. The van der Waals surface area contributed by atoms with Crippen LogP contribution in [-0.2, 0) is 4.79 Å². The molecule has 0 heterocycles. The Hall–Kier alpha value is -3.02. The molecule has 0 fully saturated rings. The number of benzene rings is 2. The minimum atomic E-state index is -1.01. The number of allylic oxidation sites excluding steroid dienone is 1. The van der Waals surface area contributed by atoms with Crippen molar-refractivity contribution in [3.63, 3.8) is 0 Å². The lowest BCUT2D eigenvalue weighted by Crippen LogP contribution is -2.28. The Morgan fingerprint density at radius 2 is 1.59 bits per heavy atom. The first-order chi connectivity index (χ1) is 10.5. The van der Waals surface area contributed by atoms with Crippen molar-refractivity contribution < 1.29 is 23.5 Å². The van der Waals surface area contributed by atoms with Crippen molar-refractivity contribution in [3.8, 4) is 0 Å². The molecule has 1 aliphatic rings. The van der Waals surface area contributed by atoms with Gasteiger partial charge in [0.2, 0.25) is 5.78 Å². The molecule has 0 amide bonds. The lowest BCUT2D eigenvalue weighted by atomic mass is 9.91. The maximum atomic E-state index is 13.6. The van der Waals surface area contributed by atoms with Gasteiger partial charge < -0.3 is 10.4 Å². The fraction of sp³-hybridized carbons (Fsp3) is 0. The lowest BCUT2D eigenvalue weighted by Gasteiger charge is -2.19. The Bertz CT molecular complexity index is 843. The molecule has 0 radical (unpaired) electrons. The highest BCUT2D eigenvalue weighted by atomic mass is 19.1. The average Bonchev–Trinajstić information content (AvgIpc) is 2.52. The van der Waals surface area contributed by atoms with Crippen molar-refractivity contribution in [3.05, 3.63) is 70.9 Å². The summed E-state index contributed by atoms with van der Waals surface area (Å²) in [5.74, 6) is -3.86. The number of ketones is 2. The molecular weight excluding hydrogens is 292 g/mol. The first-order valence-electron chi connectivity index (χ1n) is 6.33. The zero-order valence-corrected chi connectivity index (χ0v) is 11.1. The van der Waals surface area contributed by atoms with Crippen molar-refractivity contribution >= 4 is 23.0 Å². The maximum Gasteiger partial charge on any atom is 0.253 e. The molecule has 2 N–H and O–H groups in total. The van der Waals surface area contributed by atoms with Crippen LogP contribution in [0.3, 0.4) is 0 Å². The van der Waals surface area contributed by atoms with Crippen LogP contribution in [0.4, 0.5) is 14.5 Å². The van der Waals surface area contributed by atoms with Gasteiger partial charge in [-0.25, -0.2) is 8.78 Å². The topological polar surface area (TPSA) is 66.4 Å². The fourth-order valence-corrected chi connectivity index (χ4v) is 2.21. The van der Waals surface area contributed by atoms with Crippen LogP contribution in [0, 0.1) is 11.6 Å². The molecular formula is C16H9F2NO3. The van der Waals surface area contributed by atoms with E-state index in [1.807, 2.05) is 0 Å². The van der Waals surface area contributed by atoms with Crippen molar-refractivity contribution in [1.29, 1.82) is 0 Å². The molecule has 1 aliphatic carbocycles. The van der Waals surface area contributed by atoms with E-state index in [4.69, 9.17) is 0 Å². The number of Topliss-reactive ketones (excluding diaryl/α,β-unsaturated/α-hetero) is 2. The van der Waals surface area contributed by atoms with Gasteiger partial charge in [0, 0.05) is 17.2 Å². The third-order valence-corrected chi connectivity index (χ3v) is 3.28. The highest BCUT2D eigenvalue weighted by molar-refractivity contribution is 6.52. The van der Waals surface area contributed by atoms with E-state index < -0.39 is 34.7 Å².